The van der Waals surface area contributed by atoms with Gasteiger partial charge in [0.2, 0.25) is 5.91 Å². The number of amides is 2. The minimum absolute atomic E-state index is 0.117. The number of para-hydroxylation sites is 2. The Balaban J connectivity index is 1.94. The van der Waals surface area contributed by atoms with Crippen LogP contribution in [0.4, 0.5) is 11.4 Å². The molecule has 0 aliphatic rings. The van der Waals surface area contributed by atoms with E-state index in [1.54, 1.807) is 54.6 Å². The first-order valence-electron chi connectivity index (χ1n) is 12.0. The van der Waals surface area contributed by atoms with Gasteiger partial charge in [-0.3, -0.25) is 19.0 Å². The second-order valence-electron chi connectivity index (χ2n) is 8.36. The number of nitrogens with one attached hydrogen (secondary N) is 2. The molecule has 0 saturated heterocycles. The summed E-state index contributed by atoms with van der Waals surface area (Å²) in [5.74, 6) is -0.527. The van der Waals surface area contributed by atoms with Gasteiger partial charge >= 0.3 is 0 Å². The highest BCUT2D eigenvalue weighted by molar-refractivity contribution is 7.07. The maximum Gasteiger partial charge on any atom is 0.273 e. The lowest BCUT2D eigenvalue weighted by Crippen LogP contribution is -2.32. The van der Waals surface area contributed by atoms with Crippen molar-refractivity contribution in [2.24, 2.45) is 0 Å². The average molecular weight is 593 g/mol. The zero-order chi connectivity index (χ0) is 28.8. The standard InChI is InChI=1S/C29H22Cl2N4O4S/c1-3-39-25-7-5-4-6-24(25)35-28(38)26(12-18-8-10-21(11-9-18)33-17(2)36)40-29(35)23(16-32)27(37)34-22-14-19(30)13-20(31)15-22/h4-15H,3H2,1-2H3,(H,33,36)(H,34,37)/b26-12+,29-23-. The molecule has 1 heterocycles. The van der Waals surface area contributed by atoms with Gasteiger partial charge in [0, 0.05) is 28.3 Å². The summed E-state index contributed by atoms with van der Waals surface area (Å²) in [5, 5.41) is 16.0. The molecule has 11 heteroatoms. The van der Waals surface area contributed by atoms with Crippen LogP contribution in [0, 0.1) is 11.3 Å². The molecule has 0 saturated carbocycles. The third-order valence-corrected chi connectivity index (χ3v) is 6.96. The number of halogens is 2. The van der Waals surface area contributed by atoms with Crippen molar-refractivity contribution in [1.29, 1.82) is 5.26 Å². The van der Waals surface area contributed by atoms with E-state index in [1.165, 1.54) is 29.7 Å². The second kappa shape index (κ2) is 12.7. The van der Waals surface area contributed by atoms with E-state index in [0.29, 0.717) is 45.0 Å². The van der Waals surface area contributed by atoms with E-state index in [-0.39, 0.29) is 20.7 Å². The molecular weight excluding hydrogens is 571 g/mol. The maximum atomic E-state index is 13.8. The predicted octanol–water partition coefficient (Wildman–Crippen LogP) is 4.70. The third kappa shape index (κ3) is 6.61. The first-order valence-corrected chi connectivity index (χ1v) is 13.5. The summed E-state index contributed by atoms with van der Waals surface area (Å²) in [6, 6.07) is 20.2. The van der Waals surface area contributed by atoms with Crippen LogP contribution >= 0.6 is 34.5 Å². The van der Waals surface area contributed by atoms with Crippen molar-refractivity contribution in [2.45, 2.75) is 13.8 Å². The van der Waals surface area contributed by atoms with Crippen molar-refractivity contribution in [3.05, 3.63) is 102 Å². The molecule has 40 heavy (non-hydrogen) atoms. The molecule has 0 bridgehead atoms. The summed E-state index contributed by atoms with van der Waals surface area (Å²) in [5.41, 5.74) is 1.24. The number of hydrogen-bond acceptors (Lipinski definition) is 6. The Morgan fingerprint density at radius 2 is 1.70 bits per heavy atom. The van der Waals surface area contributed by atoms with Gasteiger partial charge in [-0.2, -0.15) is 5.26 Å². The minimum Gasteiger partial charge on any atom is -0.492 e. The lowest BCUT2D eigenvalue weighted by molar-refractivity contribution is -0.114. The Labute approximate surface area is 243 Å². The molecule has 0 aliphatic carbocycles. The van der Waals surface area contributed by atoms with Crippen molar-refractivity contribution in [1.82, 2.24) is 4.57 Å². The Hall–Kier alpha value is -4.36. The highest BCUT2D eigenvalue weighted by Gasteiger charge is 2.19. The van der Waals surface area contributed by atoms with Crippen LogP contribution in [0.5, 0.6) is 5.75 Å². The Morgan fingerprint density at radius 3 is 2.33 bits per heavy atom. The Morgan fingerprint density at radius 1 is 1.02 bits per heavy atom. The van der Waals surface area contributed by atoms with Gasteiger partial charge in [-0.25, -0.2) is 0 Å². The van der Waals surface area contributed by atoms with Crippen LogP contribution in [-0.2, 0) is 9.59 Å². The molecule has 4 rings (SSSR count). The number of thiazole rings is 1. The monoisotopic (exact) mass is 592 g/mol. The zero-order valence-corrected chi connectivity index (χ0v) is 23.7. The third-order valence-electron chi connectivity index (χ3n) is 5.43. The lowest BCUT2D eigenvalue weighted by Gasteiger charge is -2.11. The Kier molecular flexibility index (Phi) is 9.07. The van der Waals surface area contributed by atoms with E-state index in [9.17, 15) is 19.6 Å². The number of benzene rings is 3. The minimum atomic E-state index is -0.740. The number of carbonyl (C=O) groups excluding carboxylic acids is 2. The lowest BCUT2D eigenvalue weighted by atomic mass is 10.2. The quantitative estimate of drug-likeness (QED) is 0.323. The van der Waals surface area contributed by atoms with Gasteiger partial charge in [-0.05, 0) is 61.0 Å². The SMILES string of the molecule is CCOc1ccccc1-n1c(=O)/c(=C\c2ccc(NC(C)=O)cc2)s/c1=C(/C#N)C(=O)Nc1cc(Cl)cc(Cl)c1. The molecule has 4 aromatic rings. The number of nitrogens with zero attached hydrogens (tertiary/aromatic N) is 2. The summed E-state index contributed by atoms with van der Waals surface area (Å²) < 4.78 is 7.44. The van der Waals surface area contributed by atoms with Gasteiger partial charge in [0.15, 0.2) is 5.57 Å². The second-order valence-corrected chi connectivity index (χ2v) is 10.3. The number of ether oxygens (including phenoxy) is 1. The fourth-order valence-electron chi connectivity index (χ4n) is 3.82. The van der Waals surface area contributed by atoms with Gasteiger partial charge < -0.3 is 15.4 Å². The normalized spacial score (nSPS) is 11.9. The van der Waals surface area contributed by atoms with E-state index < -0.39 is 11.5 Å². The van der Waals surface area contributed by atoms with Crippen LogP contribution in [0.15, 0.2) is 71.5 Å². The van der Waals surface area contributed by atoms with E-state index in [4.69, 9.17) is 27.9 Å². The first-order chi connectivity index (χ1) is 19.2. The van der Waals surface area contributed by atoms with Crippen molar-refractivity contribution in [3.8, 4) is 17.5 Å². The van der Waals surface area contributed by atoms with Gasteiger partial charge in [0.05, 0.1) is 16.8 Å². The van der Waals surface area contributed by atoms with E-state index in [0.717, 1.165) is 11.3 Å². The van der Waals surface area contributed by atoms with Gasteiger partial charge in [0.1, 0.15) is 16.5 Å². The molecule has 3 aromatic carbocycles. The predicted molar refractivity (Wildman–Crippen MR) is 159 cm³/mol. The smallest absolute Gasteiger partial charge is 0.273 e. The van der Waals surface area contributed by atoms with Crippen LogP contribution in [-0.4, -0.2) is 23.0 Å². The van der Waals surface area contributed by atoms with Crippen LogP contribution in [0.1, 0.15) is 19.4 Å². The molecule has 2 N–H and O–H groups in total. The molecule has 2 amide bonds. The maximum absolute atomic E-state index is 13.8. The number of aromatic nitrogens is 1. The topological polar surface area (TPSA) is 113 Å². The number of anilines is 2. The average Bonchev–Trinajstić information content (AvgIpc) is 3.20. The summed E-state index contributed by atoms with van der Waals surface area (Å²) in [4.78, 5) is 38.5. The van der Waals surface area contributed by atoms with Crippen LogP contribution in [0.3, 0.4) is 0 Å². The first kappa shape index (κ1) is 28.6. The van der Waals surface area contributed by atoms with Gasteiger partial charge in [0.25, 0.3) is 11.5 Å². The van der Waals surface area contributed by atoms with Crippen LogP contribution in [0.2, 0.25) is 10.0 Å². The molecule has 8 nitrogen and oxygen atoms in total. The van der Waals surface area contributed by atoms with Crippen molar-refractivity contribution >= 4 is 69.4 Å². The van der Waals surface area contributed by atoms with Crippen molar-refractivity contribution in [2.75, 3.05) is 17.2 Å². The van der Waals surface area contributed by atoms with Crippen LogP contribution < -0.4 is 30.1 Å². The molecule has 0 atom stereocenters. The highest BCUT2D eigenvalue weighted by Crippen LogP contribution is 2.23. The molecular formula is C29H22Cl2N4O4S. The van der Waals surface area contributed by atoms with E-state index >= 15 is 0 Å². The molecule has 1 aromatic heterocycles. The van der Waals surface area contributed by atoms with Gasteiger partial charge in [-0.1, -0.05) is 47.5 Å². The highest BCUT2D eigenvalue weighted by atomic mass is 35.5. The zero-order valence-electron chi connectivity index (χ0n) is 21.3. The molecule has 0 unspecified atom stereocenters. The number of rotatable bonds is 7. The number of carbonyl (C=O) groups is 2. The summed E-state index contributed by atoms with van der Waals surface area (Å²) >= 11 is 13.1. The van der Waals surface area contributed by atoms with E-state index in [1.807, 2.05) is 13.0 Å². The molecule has 0 spiro atoms. The number of nitriles is 1. The van der Waals surface area contributed by atoms with Gasteiger partial charge in [-0.15, -0.1) is 11.3 Å². The summed E-state index contributed by atoms with van der Waals surface area (Å²) in [6.07, 6.45) is 1.65. The molecule has 202 valence electrons. The van der Waals surface area contributed by atoms with E-state index in [2.05, 4.69) is 10.6 Å². The summed E-state index contributed by atoms with van der Waals surface area (Å²) in [6.45, 7) is 3.57. The molecule has 0 aliphatic heterocycles. The Bertz CT molecular complexity index is 1800. The molecule has 0 fully saturated rings. The number of hydrogen-bond donors (Lipinski definition) is 2. The van der Waals surface area contributed by atoms with Crippen molar-refractivity contribution < 1.29 is 14.3 Å². The van der Waals surface area contributed by atoms with Crippen LogP contribution in [0.25, 0.3) is 17.3 Å². The van der Waals surface area contributed by atoms with Crippen molar-refractivity contribution in [3.63, 3.8) is 0 Å². The molecule has 0 radical (unpaired) electrons. The summed E-state index contributed by atoms with van der Waals surface area (Å²) in [7, 11) is 0. The largest absolute Gasteiger partial charge is 0.492 e. The fraction of sp³-hybridized carbons (Fsp3) is 0.103. The fourth-order valence-corrected chi connectivity index (χ4v) is 5.44.